The van der Waals surface area contributed by atoms with E-state index >= 15 is 0 Å². The molecule has 3 rings (SSSR count). The van der Waals surface area contributed by atoms with Gasteiger partial charge in [0.05, 0.1) is 6.10 Å². The summed E-state index contributed by atoms with van der Waals surface area (Å²) in [6, 6.07) is 8.67. The van der Waals surface area contributed by atoms with Crippen LogP contribution in [-0.2, 0) is 0 Å². The van der Waals surface area contributed by atoms with Crippen LogP contribution in [0.1, 0.15) is 57.1 Å². The lowest BCUT2D eigenvalue weighted by Gasteiger charge is -2.31. The molecule has 2 aliphatic rings. The van der Waals surface area contributed by atoms with E-state index in [2.05, 4.69) is 31.2 Å². The Morgan fingerprint density at radius 3 is 2.47 bits per heavy atom. The van der Waals surface area contributed by atoms with Crippen LogP contribution in [0.5, 0.6) is 5.75 Å². The Kier molecular flexibility index (Phi) is 3.79. The minimum Gasteiger partial charge on any atom is -0.490 e. The van der Waals surface area contributed by atoms with Crippen molar-refractivity contribution in [2.45, 2.75) is 57.6 Å². The quantitative estimate of drug-likeness (QED) is 0.885. The van der Waals surface area contributed by atoms with Crippen molar-refractivity contribution in [2.75, 3.05) is 0 Å². The van der Waals surface area contributed by atoms with Crippen LogP contribution in [0.15, 0.2) is 24.3 Å². The summed E-state index contributed by atoms with van der Waals surface area (Å²) in [7, 11) is 0. The van der Waals surface area contributed by atoms with E-state index in [-0.39, 0.29) is 6.04 Å². The first kappa shape index (κ1) is 13.0. The Morgan fingerprint density at radius 1 is 1.11 bits per heavy atom. The molecule has 2 aliphatic carbocycles. The first-order valence-electron chi connectivity index (χ1n) is 7.74. The second-order valence-electron chi connectivity index (χ2n) is 6.44. The maximum atomic E-state index is 6.45. The summed E-state index contributed by atoms with van der Waals surface area (Å²) in [4.78, 5) is 0. The summed E-state index contributed by atoms with van der Waals surface area (Å²) < 4.78 is 5.78. The van der Waals surface area contributed by atoms with Crippen LogP contribution in [0.25, 0.3) is 0 Å². The minimum atomic E-state index is 0.192. The number of benzene rings is 1. The van der Waals surface area contributed by atoms with Gasteiger partial charge in [0.2, 0.25) is 0 Å². The maximum Gasteiger partial charge on any atom is 0.119 e. The van der Waals surface area contributed by atoms with Crippen molar-refractivity contribution < 1.29 is 4.74 Å². The van der Waals surface area contributed by atoms with Crippen molar-refractivity contribution in [2.24, 2.45) is 17.6 Å². The van der Waals surface area contributed by atoms with Crippen LogP contribution in [0.2, 0.25) is 0 Å². The molecule has 0 amide bonds. The van der Waals surface area contributed by atoms with Gasteiger partial charge in [0.25, 0.3) is 0 Å². The zero-order valence-electron chi connectivity index (χ0n) is 11.8. The molecule has 0 saturated heterocycles. The molecule has 3 unspecified atom stereocenters. The third-order valence-electron chi connectivity index (χ3n) is 4.58. The Bertz CT molecular complexity index is 410. The van der Waals surface area contributed by atoms with Gasteiger partial charge < -0.3 is 10.5 Å². The summed E-state index contributed by atoms with van der Waals surface area (Å²) in [5, 5.41) is 0. The van der Waals surface area contributed by atoms with Crippen molar-refractivity contribution in [3.63, 3.8) is 0 Å². The van der Waals surface area contributed by atoms with Gasteiger partial charge in [0.1, 0.15) is 5.75 Å². The fraction of sp³-hybridized carbons (Fsp3) is 0.647. The van der Waals surface area contributed by atoms with Gasteiger partial charge in [0.15, 0.2) is 0 Å². The number of hydrogen-bond donors (Lipinski definition) is 1. The molecule has 2 heteroatoms. The Balaban J connectivity index is 1.63. The molecule has 0 heterocycles. The molecule has 19 heavy (non-hydrogen) atoms. The molecule has 2 saturated carbocycles. The van der Waals surface area contributed by atoms with Crippen LogP contribution in [-0.4, -0.2) is 6.10 Å². The summed E-state index contributed by atoms with van der Waals surface area (Å²) in [5.41, 5.74) is 7.72. The molecular formula is C17H25NO. The molecule has 3 atom stereocenters. The fourth-order valence-corrected chi connectivity index (χ4v) is 3.23. The minimum absolute atomic E-state index is 0.192. The van der Waals surface area contributed by atoms with E-state index in [9.17, 15) is 0 Å². The van der Waals surface area contributed by atoms with Crippen LogP contribution < -0.4 is 10.5 Å². The molecule has 1 aromatic carbocycles. The molecule has 0 spiro atoms. The van der Waals surface area contributed by atoms with Crippen molar-refractivity contribution in [1.29, 1.82) is 0 Å². The van der Waals surface area contributed by atoms with E-state index in [0.29, 0.717) is 12.0 Å². The highest BCUT2D eigenvalue weighted by Gasteiger charge is 2.26. The summed E-state index contributed by atoms with van der Waals surface area (Å²) >= 11 is 0. The lowest BCUT2D eigenvalue weighted by atomic mass is 9.77. The van der Waals surface area contributed by atoms with Crippen molar-refractivity contribution in [1.82, 2.24) is 0 Å². The van der Waals surface area contributed by atoms with Crippen molar-refractivity contribution >= 4 is 0 Å². The molecule has 0 aromatic heterocycles. The molecule has 2 N–H and O–H groups in total. The predicted octanol–water partition coefficient (Wildman–Crippen LogP) is 4.05. The van der Waals surface area contributed by atoms with Crippen LogP contribution >= 0.6 is 0 Å². The topological polar surface area (TPSA) is 35.2 Å². The molecule has 0 bridgehead atoms. The van der Waals surface area contributed by atoms with Gasteiger partial charge in [-0.25, -0.2) is 0 Å². The summed E-state index contributed by atoms with van der Waals surface area (Å²) in [6.45, 7) is 2.35. The third kappa shape index (κ3) is 3.30. The lowest BCUT2D eigenvalue weighted by Crippen LogP contribution is -2.26. The van der Waals surface area contributed by atoms with Gasteiger partial charge in [-0.1, -0.05) is 31.9 Å². The van der Waals surface area contributed by atoms with E-state index in [1.54, 1.807) is 0 Å². The van der Waals surface area contributed by atoms with Crippen LogP contribution in [0, 0.1) is 11.8 Å². The highest BCUT2D eigenvalue weighted by atomic mass is 16.5. The molecule has 2 fully saturated rings. The second-order valence-corrected chi connectivity index (χ2v) is 6.44. The molecule has 1 aromatic rings. The van der Waals surface area contributed by atoms with Gasteiger partial charge in [-0.15, -0.1) is 0 Å². The largest absolute Gasteiger partial charge is 0.490 e. The smallest absolute Gasteiger partial charge is 0.119 e. The Morgan fingerprint density at radius 2 is 1.84 bits per heavy atom. The second kappa shape index (κ2) is 5.54. The van der Waals surface area contributed by atoms with Crippen LogP contribution in [0.4, 0.5) is 0 Å². The van der Waals surface area contributed by atoms with E-state index in [4.69, 9.17) is 10.5 Å². The summed E-state index contributed by atoms with van der Waals surface area (Å²) in [6.07, 6.45) is 8.16. The lowest BCUT2D eigenvalue weighted by molar-refractivity contribution is 0.248. The first-order chi connectivity index (χ1) is 9.22. The SMILES string of the molecule is CC1CCCC(C(N)c2ccc(OC3CC3)cc2)C1. The molecule has 104 valence electrons. The van der Waals surface area contributed by atoms with Gasteiger partial charge >= 0.3 is 0 Å². The highest BCUT2D eigenvalue weighted by molar-refractivity contribution is 5.30. The van der Waals surface area contributed by atoms with Crippen molar-refractivity contribution in [3.8, 4) is 5.75 Å². The standard InChI is InChI=1S/C17H25NO/c1-12-3-2-4-14(11-12)17(18)13-5-7-15(8-6-13)19-16-9-10-16/h5-8,12,14,16-17H,2-4,9-11,18H2,1H3. The van der Waals surface area contributed by atoms with Gasteiger partial charge in [0, 0.05) is 6.04 Å². The van der Waals surface area contributed by atoms with Crippen LogP contribution in [0.3, 0.4) is 0 Å². The van der Waals surface area contributed by atoms with E-state index in [1.807, 2.05) is 0 Å². The molecule has 0 radical (unpaired) electrons. The average Bonchev–Trinajstić information content (AvgIpc) is 3.23. The summed E-state index contributed by atoms with van der Waals surface area (Å²) in [5.74, 6) is 2.48. The number of rotatable bonds is 4. The number of ether oxygens (including phenoxy) is 1. The fourth-order valence-electron chi connectivity index (χ4n) is 3.23. The number of nitrogens with two attached hydrogens (primary N) is 1. The Labute approximate surface area is 116 Å². The molecular weight excluding hydrogens is 234 g/mol. The van der Waals surface area contributed by atoms with E-state index < -0.39 is 0 Å². The first-order valence-corrected chi connectivity index (χ1v) is 7.74. The molecule has 0 aliphatic heterocycles. The zero-order valence-corrected chi connectivity index (χ0v) is 11.8. The van der Waals surface area contributed by atoms with E-state index in [0.717, 1.165) is 11.7 Å². The maximum absolute atomic E-state index is 6.45. The third-order valence-corrected chi connectivity index (χ3v) is 4.58. The van der Waals surface area contributed by atoms with Gasteiger partial charge in [-0.05, 0) is 55.2 Å². The van der Waals surface area contributed by atoms with Gasteiger partial charge in [-0.3, -0.25) is 0 Å². The monoisotopic (exact) mass is 259 g/mol. The van der Waals surface area contributed by atoms with Crippen molar-refractivity contribution in [3.05, 3.63) is 29.8 Å². The van der Waals surface area contributed by atoms with Gasteiger partial charge in [-0.2, -0.15) is 0 Å². The number of hydrogen-bond acceptors (Lipinski definition) is 2. The average molecular weight is 259 g/mol. The Hall–Kier alpha value is -1.02. The highest BCUT2D eigenvalue weighted by Crippen LogP contribution is 2.36. The van der Waals surface area contributed by atoms with E-state index in [1.165, 1.54) is 44.1 Å². The predicted molar refractivity (Wildman–Crippen MR) is 78.1 cm³/mol. The zero-order chi connectivity index (χ0) is 13.2. The molecule has 2 nitrogen and oxygen atoms in total. The normalized spacial score (nSPS) is 28.9.